The first-order chi connectivity index (χ1) is 6.63. The maximum Gasteiger partial charge on any atom is 0.161 e. The molecule has 1 aromatic rings. The van der Waals surface area contributed by atoms with E-state index in [9.17, 15) is 0 Å². The molecule has 0 heterocycles. The fraction of sp³-hybridized carbons (Fsp3) is 0.300. The number of nitrogens with one attached hydrogen (secondary N) is 1. The van der Waals surface area contributed by atoms with Gasteiger partial charge in [-0.15, -0.1) is 0 Å². The van der Waals surface area contributed by atoms with Crippen LogP contribution in [0.2, 0.25) is 0 Å². The fourth-order valence-electron chi connectivity index (χ4n) is 1.06. The number of hydrogen-bond acceptors (Lipinski definition) is 3. The van der Waals surface area contributed by atoms with Gasteiger partial charge in [0.05, 0.1) is 6.04 Å². The van der Waals surface area contributed by atoms with E-state index in [0.29, 0.717) is 0 Å². The van der Waals surface area contributed by atoms with E-state index in [-0.39, 0.29) is 11.9 Å². The SMILES string of the molecule is Cc1ccc(NC(C)C(N)=NO)cc1. The van der Waals surface area contributed by atoms with Crippen LogP contribution in [0.25, 0.3) is 0 Å². The summed E-state index contributed by atoms with van der Waals surface area (Å²) >= 11 is 0. The quantitative estimate of drug-likeness (QED) is 0.295. The van der Waals surface area contributed by atoms with E-state index in [1.807, 2.05) is 38.1 Å². The van der Waals surface area contributed by atoms with Crippen molar-refractivity contribution in [3.05, 3.63) is 29.8 Å². The highest BCUT2D eigenvalue weighted by Gasteiger charge is 2.05. The Morgan fingerprint density at radius 2 is 2.00 bits per heavy atom. The summed E-state index contributed by atoms with van der Waals surface area (Å²) in [7, 11) is 0. The Morgan fingerprint density at radius 1 is 1.43 bits per heavy atom. The average Bonchev–Trinajstić information content (AvgIpc) is 2.20. The van der Waals surface area contributed by atoms with E-state index < -0.39 is 0 Å². The molecular formula is C10H15N3O. The third-order valence-electron chi connectivity index (χ3n) is 1.99. The van der Waals surface area contributed by atoms with Gasteiger partial charge in [0.25, 0.3) is 0 Å². The zero-order chi connectivity index (χ0) is 10.6. The Bertz CT molecular complexity index is 319. The second-order valence-electron chi connectivity index (χ2n) is 3.26. The summed E-state index contributed by atoms with van der Waals surface area (Å²) in [5.41, 5.74) is 7.59. The van der Waals surface area contributed by atoms with Gasteiger partial charge in [0.2, 0.25) is 0 Å². The van der Waals surface area contributed by atoms with Crippen LogP contribution >= 0.6 is 0 Å². The van der Waals surface area contributed by atoms with Crippen molar-refractivity contribution in [2.45, 2.75) is 19.9 Å². The number of oxime groups is 1. The first-order valence-corrected chi connectivity index (χ1v) is 4.44. The first-order valence-electron chi connectivity index (χ1n) is 4.44. The highest BCUT2D eigenvalue weighted by atomic mass is 16.4. The molecule has 1 rings (SSSR count). The lowest BCUT2D eigenvalue weighted by atomic mass is 10.2. The summed E-state index contributed by atoms with van der Waals surface area (Å²) in [5.74, 6) is 0.172. The summed E-state index contributed by atoms with van der Waals surface area (Å²) in [6.07, 6.45) is 0. The van der Waals surface area contributed by atoms with E-state index in [1.54, 1.807) is 0 Å². The summed E-state index contributed by atoms with van der Waals surface area (Å²) in [6, 6.07) is 7.73. The molecule has 0 saturated heterocycles. The molecule has 0 aliphatic carbocycles. The molecule has 0 spiro atoms. The van der Waals surface area contributed by atoms with Gasteiger partial charge >= 0.3 is 0 Å². The van der Waals surface area contributed by atoms with Crippen LogP contribution in [-0.4, -0.2) is 17.1 Å². The van der Waals surface area contributed by atoms with Gasteiger partial charge in [0.1, 0.15) is 0 Å². The van der Waals surface area contributed by atoms with Crippen LogP contribution in [0.3, 0.4) is 0 Å². The van der Waals surface area contributed by atoms with E-state index in [2.05, 4.69) is 10.5 Å². The molecule has 4 heteroatoms. The number of amidine groups is 1. The highest BCUT2D eigenvalue weighted by Crippen LogP contribution is 2.09. The number of benzene rings is 1. The Kier molecular flexibility index (Phi) is 3.34. The van der Waals surface area contributed by atoms with Gasteiger partial charge in [-0.05, 0) is 26.0 Å². The van der Waals surface area contributed by atoms with Crippen LogP contribution in [0, 0.1) is 6.92 Å². The van der Waals surface area contributed by atoms with E-state index in [4.69, 9.17) is 10.9 Å². The van der Waals surface area contributed by atoms with E-state index in [0.717, 1.165) is 5.69 Å². The summed E-state index contributed by atoms with van der Waals surface area (Å²) in [6.45, 7) is 3.85. The third kappa shape index (κ3) is 2.65. The molecule has 0 aliphatic heterocycles. The smallest absolute Gasteiger partial charge is 0.161 e. The van der Waals surface area contributed by atoms with Crippen LogP contribution in [-0.2, 0) is 0 Å². The Morgan fingerprint density at radius 3 is 2.50 bits per heavy atom. The van der Waals surface area contributed by atoms with Crippen molar-refractivity contribution in [1.29, 1.82) is 0 Å². The largest absolute Gasteiger partial charge is 0.409 e. The van der Waals surface area contributed by atoms with E-state index >= 15 is 0 Å². The lowest BCUT2D eigenvalue weighted by Crippen LogP contribution is -2.32. The van der Waals surface area contributed by atoms with Gasteiger partial charge in [-0.25, -0.2) is 0 Å². The van der Waals surface area contributed by atoms with Crippen molar-refractivity contribution in [2.75, 3.05) is 5.32 Å². The number of rotatable bonds is 3. The van der Waals surface area contributed by atoms with Gasteiger partial charge in [-0.2, -0.15) is 0 Å². The zero-order valence-electron chi connectivity index (χ0n) is 8.36. The number of anilines is 1. The lowest BCUT2D eigenvalue weighted by molar-refractivity contribution is 0.316. The molecule has 76 valence electrons. The van der Waals surface area contributed by atoms with Gasteiger partial charge < -0.3 is 16.3 Å². The predicted octanol–water partition coefficient (Wildman–Crippen LogP) is 1.54. The predicted molar refractivity (Wildman–Crippen MR) is 57.7 cm³/mol. The minimum atomic E-state index is -0.178. The van der Waals surface area contributed by atoms with Crippen molar-refractivity contribution >= 4 is 11.5 Å². The summed E-state index contributed by atoms with van der Waals surface area (Å²) in [5, 5.41) is 14.5. The maximum atomic E-state index is 8.45. The van der Waals surface area contributed by atoms with Gasteiger partial charge in [-0.1, -0.05) is 22.9 Å². The van der Waals surface area contributed by atoms with Crippen molar-refractivity contribution < 1.29 is 5.21 Å². The topological polar surface area (TPSA) is 70.6 Å². The highest BCUT2D eigenvalue weighted by molar-refractivity contribution is 5.87. The molecule has 4 nitrogen and oxygen atoms in total. The van der Waals surface area contributed by atoms with Crippen molar-refractivity contribution in [3.8, 4) is 0 Å². The first kappa shape index (κ1) is 10.4. The Labute approximate surface area is 83.4 Å². The summed E-state index contributed by atoms with van der Waals surface area (Å²) in [4.78, 5) is 0. The van der Waals surface area contributed by atoms with Crippen molar-refractivity contribution in [1.82, 2.24) is 0 Å². The molecule has 4 N–H and O–H groups in total. The average molecular weight is 193 g/mol. The number of nitrogens with zero attached hydrogens (tertiary/aromatic N) is 1. The molecule has 0 radical (unpaired) electrons. The second kappa shape index (κ2) is 4.50. The van der Waals surface area contributed by atoms with Gasteiger partial charge in [0.15, 0.2) is 5.84 Å². The molecule has 0 aliphatic rings. The minimum Gasteiger partial charge on any atom is -0.409 e. The van der Waals surface area contributed by atoms with Crippen molar-refractivity contribution in [3.63, 3.8) is 0 Å². The zero-order valence-corrected chi connectivity index (χ0v) is 8.36. The Hall–Kier alpha value is -1.71. The van der Waals surface area contributed by atoms with E-state index in [1.165, 1.54) is 5.56 Å². The molecule has 1 aromatic carbocycles. The molecule has 14 heavy (non-hydrogen) atoms. The van der Waals surface area contributed by atoms with Crippen LogP contribution < -0.4 is 11.1 Å². The Balaban J connectivity index is 2.65. The number of nitrogens with two attached hydrogens (primary N) is 1. The lowest BCUT2D eigenvalue weighted by Gasteiger charge is -2.13. The number of hydrogen-bond donors (Lipinski definition) is 3. The van der Waals surface area contributed by atoms with Crippen LogP contribution in [0.15, 0.2) is 29.4 Å². The van der Waals surface area contributed by atoms with Crippen LogP contribution in [0.5, 0.6) is 0 Å². The second-order valence-corrected chi connectivity index (χ2v) is 3.26. The molecule has 0 aromatic heterocycles. The third-order valence-corrected chi connectivity index (χ3v) is 1.99. The monoisotopic (exact) mass is 193 g/mol. The van der Waals surface area contributed by atoms with Crippen molar-refractivity contribution in [2.24, 2.45) is 10.9 Å². The van der Waals surface area contributed by atoms with Gasteiger partial charge in [-0.3, -0.25) is 0 Å². The molecule has 0 saturated carbocycles. The molecule has 0 bridgehead atoms. The fourth-order valence-corrected chi connectivity index (χ4v) is 1.06. The van der Waals surface area contributed by atoms with Gasteiger partial charge in [0, 0.05) is 5.69 Å². The molecule has 1 atom stereocenters. The van der Waals surface area contributed by atoms with Crippen LogP contribution in [0.1, 0.15) is 12.5 Å². The standard InChI is InChI=1S/C10H15N3O/c1-7-3-5-9(6-4-7)12-8(2)10(11)13-14/h3-6,8,12,14H,1-2H3,(H2,11,13). The molecule has 0 fully saturated rings. The molecule has 0 amide bonds. The normalized spacial score (nSPS) is 13.7. The molecular weight excluding hydrogens is 178 g/mol. The number of aryl methyl sites for hydroxylation is 1. The maximum absolute atomic E-state index is 8.45. The van der Waals surface area contributed by atoms with Crippen LogP contribution in [0.4, 0.5) is 5.69 Å². The molecule has 1 unspecified atom stereocenters. The summed E-state index contributed by atoms with van der Waals surface area (Å²) < 4.78 is 0. The minimum absolute atomic E-state index is 0.172.